The molecule has 0 radical (unpaired) electrons. The molecule has 2 N–H and O–H groups in total. The van der Waals surface area contributed by atoms with E-state index in [1.54, 1.807) is 0 Å². The van der Waals surface area contributed by atoms with E-state index in [1.165, 1.54) is 11.8 Å². The maximum Gasteiger partial charge on any atom is 0.230 e. The van der Waals surface area contributed by atoms with E-state index in [-0.39, 0.29) is 18.2 Å². The molecule has 0 spiro atoms. The third kappa shape index (κ3) is 5.20. The highest BCUT2D eigenvalue weighted by Crippen LogP contribution is 2.27. The lowest BCUT2D eigenvalue weighted by Gasteiger charge is -2.12. The number of aliphatic hydroxyl groups excluding tert-OH is 1. The molecule has 156 valence electrons. The summed E-state index contributed by atoms with van der Waals surface area (Å²) in [6.07, 6.45) is -0.743. The van der Waals surface area contributed by atoms with Crippen LogP contribution in [0.4, 0.5) is 0 Å². The summed E-state index contributed by atoms with van der Waals surface area (Å²) in [5, 5.41) is 22.3. The van der Waals surface area contributed by atoms with Gasteiger partial charge in [0.15, 0.2) is 11.0 Å². The fourth-order valence-electron chi connectivity index (χ4n) is 3.13. The Labute approximate surface area is 185 Å². The van der Waals surface area contributed by atoms with E-state index >= 15 is 0 Å². The molecule has 4 aromatic rings. The molecule has 7 heteroatoms. The van der Waals surface area contributed by atoms with Crippen LogP contribution in [0.2, 0.25) is 0 Å². The van der Waals surface area contributed by atoms with Crippen LogP contribution in [-0.4, -0.2) is 38.1 Å². The van der Waals surface area contributed by atoms with Crippen LogP contribution in [0.3, 0.4) is 0 Å². The molecule has 0 bridgehead atoms. The molecule has 6 nitrogen and oxygen atoms in total. The minimum Gasteiger partial charge on any atom is -0.387 e. The molecule has 1 amide bonds. The normalized spacial score (nSPS) is 11.8. The molecule has 0 aliphatic heterocycles. The summed E-state index contributed by atoms with van der Waals surface area (Å²) in [6.45, 7) is 0.157. The van der Waals surface area contributed by atoms with E-state index in [2.05, 4.69) is 15.5 Å². The van der Waals surface area contributed by atoms with Gasteiger partial charge in [0.05, 0.1) is 11.9 Å². The second-order valence-corrected chi connectivity index (χ2v) is 7.80. The summed E-state index contributed by atoms with van der Waals surface area (Å²) in [7, 11) is 0. The number of nitrogens with zero attached hydrogens (tertiary/aromatic N) is 3. The van der Waals surface area contributed by atoms with Gasteiger partial charge < -0.3 is 10.4 Å². The van der Waals surface area contributed by atoms with Crippen LogP contribution in [0, 0.1) is 0 Å². The summed E-state index contributed by atoms with van der Waals surface area (Å²) >= 11 is 1.31. The van der Waals surface area contributed by atoms with Crippen molar-refractivity contribution >= 4 is 17.7 Å². The zero-order valence-electron chi connectivity index (χ0n) is 16.8. The Morgan fingerprint density at radius 3 is 2.19 bits per heavy atom. The molecule has 0 aliphatic carbocycles. The third-order valence-electron chi connectivity index (χ3n) is 4.69. The van der Waals surface area contributed by atoms with Crippen molar-refractivity contribution in [2.45, 2.75) is 11.3 Å². The Morgan fingerprint density at radius 2 is 1.52 bits per heavy atom. The standard InChI is InChI=1S/C24H22N4O2S/c29-21(18-10-4-1-5-11-18)16-25-22(30)17-31-24-27-26-23(19-12-6-2-7-13-19)28(24)20-14-8-3-9-15-20/h1-15,21,29H,16-17H2,(H,25,30). The van der Waals surface area contributed by atoms with Gasteiger partial charge in [-0.05, 0) is 17.7 Å². The van der Waals surface area contributed by atoms with Crippen molar-refractivity contribution in [3.05, 3.63) is 96.6 Å². The molecule has 0 saturated carbocycles. The Balaban J connectivity index is 1.46. The molecule has 3 aromatic carbocycles. The van der Waals surface area contributed by atoms with Gasteiger partial charge in [0.2, 0.25) is 5.91 Å². The topological polar surface area (TPSA) is 80.0 Å². The van der Waals surface area contributed by atoms with Crippen LogP contribution < -0.4 is 5.32 Å². The number of hydrogen-bond donors (Lipinski definition) is 2. The van der Waals surface area contributed by atoms with Crippen molar-refractivity contribution < 1.29 is 9.90 Å². The molecular weight excluding hydrogens is 408 g/mol. The number of nitrogens with one attached hydrogen (secondary N) is 1. The number of hydrogen-bond acceptors (Lipinski definition) is 5. The van der Waals surface area contributed by atoms with Gasteiger partial charge in [0, 0.05) is 17.8 Å². The summed E-state index contributed by atoms with van der Waals surface area (Å²) in [5.41, 5.74) is 2.64. The SMILES string of the molecule is O=C(CSc1nnc(-c2ccccc2)n1-c1ccccc1)NCC(O)c1ccccc1. The monoisotopic (exact) mass is 430 g/mol. The van der Waals surface area contributed by atoms with Crippen molar-refractivity contribution in [1.29, 1.82) is 0 Å². The summed E-state index contributed by atoms with van der Waals surface area (Å²) < 4.78 is 1.95. The number of aliphatic hydroxyl groups is 1. The zero-order valence-corrected chi connectivity index (χ0v) is 17.6. The Bertz CT molecular complexity index is 1120. The molecule has 1 aromatic heterocycles. The number of aromatic nitrogens is 3. The van der Waals surface area contributed by atoms with Gasteiger partial charge >= 0.3 is 0 Å². The second-order valence-electron chi connectivity index (χ2n) is 6.86. The van der Waals surface area contributed by atoms with Crippen LogP contribution in [0.25, 0.3) is 17.1 Å². The predicted molar refractivity (Wildman–Crippen MR) is 122 cm³/mol. The number of thioether (sulfide) groups is 1. The summed E-state index contributed by atoms with van der Waals surface area (Å²) in [5.74, 6) is 0.708. The van der Waals surface area contributed by atoms with E-state index in [9.17, 15) is 9.90 Å². The average molecular weight is 431 g/mol. The molecule has 1 heterocycles. The van der Waals surface area contributed by atoms with Gasteiger partial charge in [-0.3, -0.25) is 9.36 Å². The Morgan fingerprint density at radius 1 is 0.903 bits per heavy atom. The lowest BCUT2D eigenvalue weighted by molar-refractivity contribution is -0.119. The fourth-order valence-corrected chi connectivity index (χ4v) is 3.91. The minimum absolute atomic E-state index is 0.157. The quantitative estimate of drug-likeness (QED) is 0.415. The second kappa shape index (κ2) is 10.1. The number of carbonyl (C=O) groups is 1. The predicted octanol–water partition coefficient (Wildman–Crippen LogP) is 3.88. The third-order valence-corrected chi connectivity index (χ3v) is 5.62. The lowest BCUT2D eigenvalue weighted by atomic mass is 10.1. The molecule has 31 heavy (non-hydrogen) atoms. The molecule has 1 unspecified atom stereocenters. The van der Waals surface area contributed by atoms with Gasteiger partial charge in [-0.1, -0.05) is 90.6 Å². The van der Waals surface area contributed by atoms with Gasteiger partial charge in [0.25, 0.3) is 0 Å². The largest absolute Gasteiger partial charge is 0.387 e. The van der Waals surface area contributed by atoms with Crippen molar-refractivity contribution in [2.75, 3.05) is 12.3 Å². The smallest absolute Gasteiger partial charge is 0.230 e. The van der Waals surface area contributed by atoms with E-state index in [1.807, 2.05) is 95.6 Å². The fraction of sp³-hybridized carbons (Fsp3) is 0.125. The van der Waals surface area contributed by atoms with E-state index in [4.69, 9.17) is 0 Å². The minimum atomic E-state index is -0.743. The molecule has 1 atom stereocenters. The van der Waals surface area contributed by atoms with Gasteiger partial charge in [-0.15, -0.1) is 10.2 Å². The zero-order chi connectivity index (χ0) is 21.5. The summed E-state index contributed by atoms with van der Waals surface area (Å²) in [6, 6.07) is 28.9. The first-order chi connectivity index (χ1) is 15.2. The highest BCUT2D eigenvalue weighted by Gasteiger charge is 2.17. The van der Waals surface area contributed by atoms with Gasteiger partial charge in [-0.25, -0.2) is 0 Å². The van der Waals surface area contributed by atoms with Crippen LogP contribution in [0.1, 0.15) is 11.7 Å². The average Bonchev–Trinajstić information content (AvgIpc) is 3.27. The number of para-hydroxylation sites is 1. The molecule has 0 saturated heterocycles. The number of amides is 1. The number of benzene rings is 3. The van der Waals surface area contributed by atoms with Crippen molar-refractivity contribution in [3.63, 3.8) is 0 Å². The van der Waals surface area contributed by atoms with Crippen LogP contribution in [0.15, 0.2) is 96.2 Å². The highest BCUT2D eigenvalue weighted by molar-refractivity contribution is 7.99. The van der Waals surface area contributed by atoms with E-state index in [0.29, 0.717) is 11.0 Å². The van der Waals surface area contributed by atoms with Gasteiger partial charge in [-0.2, -0.15) is 0 Å². The maximum absolute atomic E-state index is 12.4. The van der Waals surface area contributed by atoms with Crippen molar-refractivity contribution in [1.82, 2.24) is 20.1 Å². The number of rotatable bonds is 8. The van der Waals surface area contributed by atoms with Crippen LogP contribution >= 0.6 is 11.8 Å². The van der Waals surface area contributed by atoms with Crippen LogP contribution in [0.5, 0.6) is 0 Å². The first-order valence-electron chi connectivity index (χ1n) is 9.91. The van der Waals surface area contributed by atoms with Crippen molar-refractivity contribution in [2.24, 2.45) is 0 Å². The highest BCUT2D eigenvalue weighted by atomic mass is 32.2. The molecule has 0 fully saturated rings. The van der Waals surface area contributed by atoms with E-state index in [0.717, 1.165) is 16.8 Å². The van der Waals surface area contributed by atoms with Crippen LogP contribution in [-0.2, 0) is 4.79 Å². The molecule has 4 rings (SSSR count). The first kappa shape index (κ1) is 20.8. The Hall–Kier alpha value is -3.42. The van der Waals surface area contributed by atoms with E-state index < -0.39 is 6.10 Å². The maximum atomic E-state index is 12.4. The molecule has 0 aliphatic rings. The molecular formula is C24H22N4O2S. The van der Waals surface area contributed by atoms with Gasteiger partial charge in [0.1, 0.15) is 0 Å². The van der Waals surface area contributed by atoms with Crippen molar-refractivity contribution in [3.8, 4) is 17.1 Å². The Kier molecular flexibility index (Phi) is 6.76. The lowest BCUT2D eigenvalue weighted by Crippen LogP contribution is -2.29. The summed E-state index contributed by atoms with van der Waals surface area (Å²) in [4.78, 5) is 12.4. The first-order valence-corrected chi connectivity index (χ1v) is 10.9. The number of carbonyl (C=O) groups excluding carboxylic acids is 1.